The Morgan fingerprint density at radius 3 is 2.68 bits per heavy atom. The number of amides is 2. The second-order valence-electron chi connectivity index (χ2n) is 6.82. The van der Waals surface area contributed by atoms with Crippen LogP contribution in [0.5, 0.6) is 0 Å². The molecule has 25 heavy (non-hydrogen) atoms. The van der Waals surface area contributed by atoms with Crippen LogP contribution in [0.1, 0.15) is 45.2 Å². The first-order chi connectivity index (χ1) is 11.8. The third-order valence-corrected chi connectivity index (χ3v) is 3.69. The minimum absolute atomic E-state index is 0.113. The molecule has 3 rings (SSSR count). The van der Waals surface area contributed by atoms with Crippen molar-refractivity contribution in [1.29, 1.82) is 0 Å². The van der Waals surface area contributed by atoms with E-state index in [0.29, 0.717) is 23.1 Å². The number of aryl methyl sites for hydroxylation is 1. The summed E-state index contributed by atoms with van der Waals surface area (Å²) in [5, 5.41) is 5.49. The number of carbonyl (C=O) groups excluding carboxylic acids is 1. The number of fused-ring (bicyclic) bond motifs is 1. The quantitative estimate of drug-likeness (QED) is 0.747. The van der Waals surface area contributed by atoms with E-state index in [1.54, 1.807) is 24.4 Å². The zero-order valence-electron chi connectivity index (χ0n) is 14.8. The van der Waals surface area contributed by atoms with Gasteiger partial charge in [0.2, 0.25) is 5.89 Å². The van der Waals surface area contributed by atoms with Gasteiger partial charge in [0, 0.05) is 17.5 Å². The van der Waals surface area contributed by atoms with Gasteiger partial charge in [-0.3, -0.25) is 0 Å². The first kappa shape index (κ1) is 17.0. The molecule has 0 aliphatic carbocycles. The first-order valence-corrected chi connectivity index (χ1v) is 8.24. The summed E-state index contributed by atoms with van der Waals surface area (Å²) in [6, 6.07) is 5.01. The van der Waals surface area contributed by atoms with E-state index in [-0.39, 0.29) is 18.0 Å². The number of carbonyl (C=O) groups is 1. The maximum atomic E-state index is 12.1. The first-order valence-electron chi connectivity index (χ1n) is 8.24. The zero-order valence-corrected chi connectivity index (χ0v) is 14.8. The largest absolute Gasteiger partial charge is 0.443 e. The van der Waals surface area contributed by atoms with Crippen LogP contribution in [0.15, 0.2) is 33.2 Å². The number of nitrogens with one attached hydrogen (secondary N) is 2. The van der Waals surface area contributed by atoms with E-state index in [9.17, 15) is 4.79 Å². The Morgan fingerprint density at radius 2 is 2.00 bits per heavy atom. The minimum atomic E-state index is -0.339. The molecule has 0 bridgehead atoms. The van der Waals surface area contributed by atoms with E-state index in [1.807, 2.05) is 27.7 Å². The van der Waals surface area contributed by atoms with Gasteiger partial charge in [-0.15, -0.1) is 0 Å². The molecule has 7 nitrogen and oxygen atoms in total. The molecule has 0 radical (unpaired) electrons. The fourth-order valence-corrected chi connectivity index (χ4v) is 2.27. The van der Waals surface area contributed by atoms with Gasteiger partial charge in [-0.05, 0) is 18.2 Å². The lowest BCUT2D eigenvalue weighted by molar-refractivity contribution is 0.250. The normalized spacial score (nSPS) is 11.7. The summed E-state index contributed by atoms with van der Waals surface area (Å²) < 4.78 is 11.2. The van der Waals surface area contributed by atoms with Crippen molar-refractivity contribution in [2.75, 3.05) is 5.32 Å². The number of nitrogens with zero attached hydrogens (tertiary/aromatic N) is 2. The Bertz CT molecular complexity index is 889. The summed E-state index contributed by atoms with van der Waals surface area (Å²) in [6.45, 7) is 8.32. The van der Waals surface area contributed by atoms with Crippen molar-refractivity contribution in [1.82, 2.24) is 15.3 Å². The van der Waals surface area contributed by atoms with E-state index >= 15 is 0 Å². The third kappa shape index (κ3) is 3.99. The summed E-state index contributed by atoms with van der Waals surface area (Å²) in [5.74, 6) is 1.93. The maximum Gasteiger partial charge on any atom is 0.319 e. The number of rotatable bonds is 4. The van der Waals surface area contributed by atoms with Crippen molar-refractivity contribution >= 4 is 22.8 Å². The zero-order chi connectivity index (χ0) is 18.0. The Labute approximate surface area is 145 Å². The molecular weight excluding hydrogens is 320 g/mol. The number of oxazole rings is 2. The average molecular weight is 342 g/mol. The van der Waals surface area contributed by atoms with Gasteiger partial charge in [0.15, 0.2) is 11.5 Å². The van der Waals surface area contributed by atoms with E-state index in [0.717, 1.165) is 17.7 Å². The summed E-state index contributed by atoms with van der Waals surface area (Å²) >= 11 is 0. The molecule has 3 aromatic rings. The molecule has 0 saturated heterocycles. The summed E-state index contributed by atoms with van der Waals surface area (Å²) in [7, 11) is 0. The molecule has 0 atom stereocenters. The lowest BCUT2D eigenvalue weighted by Crippen LogP contribution is -2.28. The van der Waals surface area contributed by atoms with Crippen molar-refractivity contribution < 1.29 is 13.6 Å². The molecule has 2 aromatic heterocycles. The predicted octanol–water partition coefficient (Wildman–Crippen LogP) is 4.00. The summed E-state index contributed by atoms with van der Waals surface area (Å²) in [5.41, 5.74) is 1.95. The van der Waals surface area contributed by atoms with Crippen LogP contribution in [0.4, 0.5) is 10.5 Å². The van der Waals surface area contributed by atoms with Crippen molar-refractivity contribution in [2.45, 2.75) is 46.1 Å². The number of benzene rings is 1. The lowest BCUT2D eigenvalue weighted by Gasteiger charge is -2.13. The fourth-order valence-electron chi connectivity index (χ4n) is 2.27. The fraction of sp³-hybridized carbons (Fsp3) is 0.389. The van der Waals surface area contributed by atoms with E-state index in [1.165, 1.54) is 0 Å². The molecule has 0 aliphatic rings. The Morgan fingerprint density at radius 1 is 1.20 bits per heavy atom. The molecule has 132 valence electrons. The van der Waals surface area contributed by atoms with Gasteiger partial charge in [-0.1, -0.05) is 27.7 Å². The monoisotopic (exact) mass is 342 g/mol. The SMILES string of the molecule is CCc1nc2cc(NC(=O)NCc3ncc(C(C)(C)C)o3)ccc2o1. The Balaban J connectivity index is 1.59. The summed E-state index contributed by atoms with van der Waals surface area (Å²) in [4.78, 5) is 20.6. The molecule has 0 saturated carbocycles. The predicted molar refractivity (Wildman–Crippen MR) is 94.4 cm³/mol. The topological polar surface area (TPSA) is 93.2 Å². The molecule has 7 heteroatoms. The van der Waals surface area contributed by atoms with E-state index in [2.05, 4.69) is 20.6 Å². The third-order valence-electron chi connectivity index (χ3n) is 3.69. The van der Waals surface area contributed by atoms with Gasteiger partial charge in [0.25, 0.3) is 0 Å². The highest BCUT2D eigenvalue weighted by atomic mass is 16.4. The molecule has 0 fully saturated rings. The van der Waals surface area contributed by atoms with E-state index in [4.69, 9.17) is 8.83 Å². The number of hydrogen-bond donors (Lipinski definition) is 2. The smallest absolute Gasteiger partial charge is 0.319 e. The second-order valence-corrected chi connectivity index (χ2v) is 6.82. The van der Waals surface area contributed by atoms with Crippen LogP contribution in [0.25, 0.3) is 11.1 Å². The van der Waals surface area contributed by atoms with Crippen LogP contribution >= 0.6 is 0 Å². The molecule has 2 amide bonds. The number of anilines is 1. The van der Waals surface area contributed by atoms with Crippen LogP contribution in [0.2, 0.25) is 0 Å². The van der Waals surface area contributed by atoms with Gasteiger partial charge in [-0.25, -0.2) is 14.8 Å². The highest BCUT2D eigenvalue weighted by molar-refractivity contribution is 5.91. The highest BCUT2D eigenvalue weighted by Crippen LogP contribution is 2.23. The van der Waals surface area contributed by atoms with Crippen LogP contribution in [0.3, 0.4) is 0 Å². The van der Waals surface area contributed by atoms with Gasteiger partial charge >= 0.3 is 6.03 Å². The number of hydrogen-bond acceptors (Lipinski definition) is 5. The summed E-state index contributed by atoms with van der Waals surface area (Å²) in [6.07, 6.45) is 2.42. The highest BCUT2D eigenvalue weighted by Gasteiger charge is 2.19. The van der Waals surface area contributed by atoms with Crippen LogP contribution in [-0.4, -0.2) is 16.0 Å². The Hall–Kier alpha value is -2.83. The molecule has 0 unspecified atom stereocenters. The van der Waals surface area contributed by atoms with Crippen molar-refractivity contribution in [3.63, 3.8) is 0 Å². The molecule has 2 N–H and O–H groups in total. The van der Waals surface area contributed by atoms with Crippen LogP contribution in [-0.2, 0) is 18.4 Å². The van der Waals surface area contributed by atoms with E-state index < -0.39 is 0 Å². The minimum Gasteiger partial charge on any atom is -0.443 e. The maximum absolute atomic E-state index is 12.1. The molecule has 2 heterocycles. The van der Waals surface area contributed by atoms with Crippen LogP contribution < -0.4 is 10.6 Å². The van der Waals surface area contributed by atoms with Gasteiger partial charge < -0.3 is 19.5 Å². The van der Waals surface area contributed by atoms with Crippen molar-refractivity contribution in [2.24, 2.45) is 0 Å². The van der Waals surface area contributed by atoms with Gasteiger partial charge in [-0.2, -0.15) is 0 Å². The Kier molecular flexibility index (Phi) is 4.48. The van der Waals surface area contributed by atoms with Gasteiger partial charge in [0.05, 0.1) is 12.7 Å². The standard InChI is InChI=1S/C18H22N4O3/c1-5-15-22-12-8-11(6-7-13(12)24-15)21-17(23)20-10-16-19-9-14(25-16)18(2,3)4/h6-9H,5,10H2,1-4H3,(H2,20,21,23). The lowest BCUT2D eigenvalue weighted by atomic mass is 9.94. The van der Waals surface area contributed by atoms with Crippen molar-refractivity contribution in [3.05, 3.63) is 41.9 Å². The second kappa shape index (κ2) is 6.58. The van der Waals surface area contributed by atoms with Crippen LogP contribution in [0, 0.1) is 0 Å². The molecule has 0 aliphatic heterocycles. The molecular formula is C18H22N4O3. The average Bonchev–Trinajstić information content (AvgIpc) is 3.18. The molecule has 0 spiro atoms. The van der Waals surface area contributed by atoms with Crippen molar-refractivity contribution in [3.8, 4) is 0 Å². The van der Waals surface area contributed by atoms with Gasteiger partial charge in [0.1, 0.15) is 11.3 Å². The number of urea groups is 1. The molecule has 1 aromatic carbocycles. The number of aromatic nitrogens is 2.